The fourth-order valence-electron chi connectivity index (χ4n) is 3.70. The van der Waals surface area contributed by atoms with Gasteiger partial charge in [0.05, 0.1) is 17.6 Å². The molecule has 0 radical (unpaired) electrons. The number of amides is 1. The molecule has 7 heteroatoms. The van der Waals surface area contributed by atoms with Crippen LogP contribution in [0.5, 0.6) is 0 Å². The van der Waals surface area contributed by atoms with Gasteiger partial charge in [-0.05, 0) is 38.8 Å². The average Bonchev–Trinajstić information content (AvgIpc) is 3.30. The van der Waals surface area contributed by atoms with E-state index in [0.29, 0.717) is 25.2 Å². The van der Waals surface area contributed by atoms with Gasteiger partial charge in [-0.1, -0.05) is 0 Å². The van der Waals surface area contributed by atoms with Crippen LogP contribution in [-0.2, 0) is 11.2 Å². The fraction of sp³-hybridized carbons (Fsp3) is 0.450. The summed E-state index contributed by atoms with van der Waals surface area (Å²) < 4.78 is 11.0. The summed E-state index contributed by atoms with van der Waals surface area (Å²) in [6.45, 7) is 6.08. The van der Waals surface area contributed by atoms with Crippen molar-refractivity contribution >= 4 is 22.8 Å². The lowest BCUT2D eigenvalue weighted by molar-refractivity contribution is -0.125. The van der Waals surface area contributed by atoms with Crippen molar-refractivity contribution in [2.24, 2.45) is 5.92 Å². The molecule has 3 aromatic heterocycles. The molecule has 0 aliphatic carbocycles. The van der Waals surface area contributed by atoms with Crippen LogP contribution in [0.1, 0.15) is 29.9 Å². The van der Waals surface area contributed by atoms with Crippen molar-refractivity contribution in [2.45, 2.75) is 33.1 Å². The number of aryl methyl sites for hydroxylation is 2. The molecule has 1 atom stereocenters. The number of furan rings is 2. The van der Waals surface area contributed by atoms with E-state index in [-0.39, 0.29) is 11.8 Å². The zero-order chi connectivity index (χ0) is 18.8. The molecule has 0 spiro atoms. The van der Waals surface area contributed by atoms with Crippen molar-refractivity contribution in [3.8, 4) is 0 Å². The summed E-state index contributed by atoms with van der Waals surface area (Å²) in [6, 6.07) is 3.78. The lowest BCUT2D eigenvalue weighted by atomic mass is 9.96. The SMILES string of the molecule is Cc1oc2ncnc(N3CCC[C@H](C(=O)NCCc4ccco4)C3)c2c1C. The molecule has 7 nitrogen and oxygen atoms in total. The normalized spacial score (nSPS) is 17.4. The Morgan fingerprint density at radius 1 is 1.37 bits per heavy atom. The summed E-state index contributed by atoms with van der Waals surface area (Å²) in [5.41, 5.74) is 1.67. The molecule has 4 heterocycles. The van der Waals surface area contributed by atoms with E-state index in [1.54, 1.807) is 6.26 Å². The third-order valence-electron chi connectivity index (χ3n) is 5.29. The summed E-state index contributed by atoms with van der Waals surface area (Å²) in [5.74, 6) is 2.65. The maximum atomic E-state index is 12.6. The third kappa shape index (κ3) is 3.54. The van der Waals surface area contributed by atoms with Gasteiger partial charge in [-0.15, -0.1) is 0 Å². The summed E-state index contributed by atoms with van der Waals surface area (Å²) in [5, 5.41) is 3.99. The molecule has 1 aliphatic rings. The van der Waals surface area contributed by atoms with Gasteiger partial charge in [0.1, 0.15) is 23.7 Å². The molecule has 0 aromatic carbocycles. The van der Waals surface area contributed by atoms with Crippen LogP contribution in [0.3, 0.4) is 0 Å². The van der Waals surface area contributed by atoms with Crippen LogP contribution in [0, 0.1) is 19.8 Å². The molecular weight excluding hydrogens is 344 g/mol. The second-order valence-corrected chi connectivity index (χ2v) is 7.07. The van der Waals surface area contributed by atoms with Crippen molar-refractivity contribution < 1.29 is 13.6 Å². The van der Waals surface area contributed by atoms with Gasteiger partial charge in [0, 0.05) is 31.6 Å². The number of nitrogens with zero attached hydrogens (tertiary/aromatic N) is 3. The molecule has 27 heavy (non-hydrogen) atoms. The zero-order valence-corrected chi connectivity index (χ0v) is 15.7. The highest BCUT2D eigenvalue weighted by atomic mass is 16.3. The zero-order valence-electron chi connectivity index (χ0n) is 15.7. The number of anilines is 1. The van der Waals surface area contributed by atoms with Gasteiger partial charge in [0.25, 0.3) is 0 Å². The van der Waals surface area contributed by atoms with Gasteiger partial charge < -0.3 is 19.1 Å². The molecule has 1 saturated heterocycles. The summed E-state index contributed by atoms with van der Waals surface area (Å²) >= 11 is 0. The topological polar surface area (TPSA) is 84.4 Å². The number of rotatable bonds is 5. The second-order valence-electron chi connectivity index (χ2n) is 7.07. The van der Waals surface area contributed by atoms with Crippen molar-refractivity contribution in [1.82, 2.24) is 15.3 Å². The first-order chi connectivity index (χ1) is 13.1. The van der Waals surface area contributed by atoms with Crippen molar-refractivity contribution in [3.05, 3.63) is 41.8 Å². The van der Waals surface area contributed by atoms with Crippen LogP contribution in [0.15, 0.2) is 33.6 Å². The standard InChI is InChI=1S/C20H24N4O3/c1-13-14(2)27-20-17(13)18(22-12-23-20)24-9-3-5-15(11-24)19(25)21-8-7-16-6-4-10-26-16/h4,6,10,12,15H,3,5,7-9,11H2,1-2H3,(H,21,25)/t15-/m0/s1. The Kier molecular flexibility index (Phi) is 4.83. The Morgan fingerprint density at radius 2 is 2.26 bits per heavy atom. The molecule has 0 unspecified atom stereocenters. The largest absolute Gasteiger partial charge is 0.469 e. The number of hydrogen-bond donors (Lipinski definition) is 1. The number of carbonyl (C=O) groups is 1. The quantitative estimate of drug-likeness (QED) is 0.745. The van der Waals surface area contributed by atoms with Gasteiger partial charge >= 0.3 is 0 Å². The van der Waals surface area contributed by atoms with Crippen molar-refractivity contribution in [2.75, 3.05) is 24.5 Å². The highest BCUT2D eigenvalue weighted by Crippen LogP contribution is 2.32. The summed E-state index contributed by atoms with van der Waals surface area (Å²) in [6.07, 6.45) is 5.73. The van der Waals surface area contributed by atoms with Crippen LogP contribution in [0.2, 0.25) is 0 Å². The molecule has 1 amide bonds. The highest BCUT2D eigenvalue weighted by Gasteiger charge is 2.28. The smallest absolute Gasteiger partial charge is 0.231 e. The first-order valence-corrected chi connectivity index (χ1v) is 9.39. The third-order valence-corrected chi connectivity index (χ3v) is 5.29. The molecule has 142 valence electrons. The Hall–Kier alpha value is -2.83. The second kappa shape index (κ2) is 7.42. The van der Waals surface area contributed by atoms with Gasteiger partial charge in [-0.2, -0.15) is 0 Å². The Morgan fingerprint density at radius 3 is 3.07 bits per heavy atom. The fourth-order valence-corrected chi connectivity index (χ4v) is 3.70. The van der Waals surface area contributed by atoms with E-state index in [1.165, 1.54) is 6.33 Å². The Bertz CT molecular complexity index is 932. The minimum atomic E-state index is -0.0475. The van der Waals surface area contributed by atoms with Crippen LogP contribution in [-0.4, -0.2) is 35.5 Å². The summed E-state index contributed by atoms with van der Waals surface area (Å²) in [7, 11) is 0. The van der Waals surface area contributed by atoms with E-state index in [4.69, 9.17) is 8.83 Å². The number of carbonyl (C=O) groups excluding carboxylic acids is 1. The number of piperidine rings is 1. The van der Waals surface area contributed by atoms with Crippen LogP contribution >= 0.6 is 0 Å². The Balaban J connectivity index is 1.44. The predicted molar refractivity (Wildman–Crippen MR) is 102 cm³/mol. The van der Waals surface area contributed by atoms with Crippen molar-refractivity contribution in [1.29, 1.82) is 0 Å². The number of fused-ring (bicyclic) bond motifs is 1. The van der Waals surface area contributed by atoms with E-state index >= 15 is 0 Å². The van der Waals surface area contributed by atoms with E-state index in [2.05, 4.69) is 20.2 Å². The molecule has 0 saturated carbocycles. The van der Waals surface area contributed by atoms with Gasteiger partial charge in [0.15, 0.2) is 0 Å². The van der Waals surface area contributed by atoms with Gasteiger partial charge in [-0.3, -0.25) is 4.79 Å². The molecular formula is C20H24N4O3. The molecule has 1 fully saturated rings. The molecule has 1 N–H and O–H groups in total. The minimum absolute atomic E-state index is 0.0475. The van der Waals surface area contributed by atoms with Crippen LogP contribution in [0.4, 0.5) is 5.82 Å². The lowest BCUT2D eigenvalue weighted by Gasteiger charge is -2.33. The van der Waals surface area contributed by atoms with Crippen LogP contribution < -0.4 is 10.2 Å². The molecule has 1 aliphatic heterocycles. The number of aromatic nitrogens is 2. The van der Waals surface area contributed by atoms with E-state index in [0.717, 1.165) is 47.7 Å². The van der Waals surface area contributed by atoms with E-state index in [1.807, 2.05) is 26.0 Å². The Labute approximate surface area is 157 Å². The predicted octanol–water partition coefficient (Wildman–Crippen LogP) is 3.01. The van der Waals surface area contributed by atoms with Gasteiger partial charge in [-0.25, -0.2) is 9.97 Å². The molecule has 0 bridgehead atoms. The first kappa shape index (κ1) is 17.6. The maximum absolute atomic E-state index is 12.6. The van der Waals surface area contributed by atoms with E-state index < -0.39 is 0 Å². The van der Waals surface area contributed by atoms with Crippen molar-refractivity contribution in [3.63, 3.8) is 0 Å². The lowest BCUT2D eigenvalue weighted by Crippen LogP contribution is -2.43. The molecule has 3 aromatic rings. The molecule has 4 rings (SSSR count). The monoisotopic (exact) mass is 368 g/mol. The van der Waals surface area contributed by atoms with Gasteiger partial charge in [0.2, 0.25) is 11.6 Å². The number of hydrogen-bond acceptors (Lipinski definition) is 6. The minimum Gasteiger partial charge on any atom is -0.469 e. The summed E-state index contributed by atoms with van der Waals surface area (Å²) in [4.78, 5) is 23.6. The van der Waals surface area contributed by atoms with Crippen LogP contribution in [0.25, 0.3) is 11.1 Å². The maximum Gasteiger partial charge on any atom is 0.231 e. The number of nitrogens with one attached hydrogen (secondary N) is 1. The highest BCUT2D eigenvalue weighted by molar-refractivity contribution is 5.90. The average molecular weight is 368 g/mol. The van der Waals surface area contributed by atoms with E-state index in [9.17, 15) is 4.79 Å². The first-order valence-electron chi connectivity index (χ1n) is 9.39.